The topological polar surface area (TPSA) is 76.1 Å². The number of ketones is 1. The molecule has 1 aliphatic heterocycles. The number of Topliss-reactive ketones (excluding diaryl/α,β-unsaturated/α-hetero) is 1. The molecular formula is C28H26ClNO5. The zero-order valence-corrected chi connectivity index (χ0v) is 20.3. The van der Waals surface area contributed by atoms with Crippen LogP contribution in [-0.2, 0) is 9.59 Å². The van der Waals surface area contributed by atoms with Gasteiger partial charge in [0.25, 0.3) is 11.7 Å². The second-order valence-corrected chi connectivity index (χ2v) is 8.46. The molecule has 0 saturated carbocycles. The summed E-state index contributed by atoms with van der Waals surface area (Å²) >= 11 is 6.19. The number of carbonyl (C=O) groups excluding carboxylic acids is 2. The quantitative estimate of drug-likeness (QED) is 0.232. The molecule has 1 N–H and O–H groups in total. The molecule has 1 amide bonds. The molecule has 1 heterocycles. The summed E-state index contributed by atoms with van der Waals surface area (Å²) in [5.41, 5.74) is 1.52. The van der Waals surface area contributed by atoms with Crippen molar-refractivity contribution in [2.24, 2.45) is 0 Å². The summed E-state index contributed by atoms with van der Waals surface area (Å²) in [7, 11) is 0. The van der Waals surface area contributed by atoms with Crippen LogP contribution in [0.15, 0.2) is 78.4 Å². The van der Waals surface area contributed by atoms with Crippen molar-refractivity contribution in [2.45, 2.75) is 26.3 Å². The van der Waals surface area contributed by atoms with E-state index in [0.717, 1.165) is 6.42 Å². The fourth-order valence-corrected chi connectivity index (χ4v) is 4.22. The maximum absolute atomic E-state index is 13.3. The summed E-state index contributed by atoms with van der Waals surface area (Å²) in [6, 6.07) is 19.8. The number of amides is 1. The number of ether oxygens (including phenoxy) is 2. The molecule has 1 aliphatic rings. The minimum atomic E-state index is -0.847. The molecule has 1 saturated heterocycles. The van der Waals surface area contributed by atoms with Crippen LogP contribution in [0.5, 0.6) is 11.5 Å². The molecule has 3 aromatic carbocycles. The second-order valence-electron chi connectivity index (χ2n) is 8.02. The van der Waals surface area contributed by atoms with E-state index >= 15 is 0 Å². The molecule has 4 rings (SSSR count). The molecule has 0 aromatic heterocycles. The maximum atomic E-state index is 13.3. The molecule has 3 aromatic rings. The van der Waals surface area contributed by atoms with Gasteiger partial charge in [-0.05, 0) is 73.5 Å². The number of nitrogens with zero attached hydrogens (tertiary/aromatic N) is 1. The van der Waals surface area contributed by atoms with Crippen LogP contribution in [0.2, 0.25) is 5.02 Å². The van der Waals surface area contributed by atoms with Crippen molar-refractivity contribution in [1.29, 1.82) is 0 Å². The number of hydrogen-bond donors (Lipinski definition) is 1. The Balaban J connectivity index is 1.83. The summed E-state index contributed by atoms with van der Waals surface area (Å²) < 4.78 is 11.1. The van der Waals surface area contributed by atoms with E-state index in [4.69, 9.17) is 21.1 Å². The molecule has 0 radical (unpaired) electrons. The molecule has 0 spiro atoms. The average Bonchev–Trinajstić information content (AvgIpc) is 3.13. The predicted molar refractivity (Wildman–Crippen MR) is 136 cm³/mol. The fourth-order valence-electron chi connectivity index (χ4n) is 4.04. The van der Waals surface area contributed by atoms with Crippen molar-refractivity contribution >= 4 is 34.7 Å². The van der Waals surface area contributed by atoms with Gasteiger partial charge in [-0.25, -0.2) is 0 Å². The highest BCUT2D eigenvalue weighted by Crippen LogP contribution is 2.43. The molecule has 7 heteroatoms. The maximum Gasteiger partial charge on any atom is 0.300 e. The first-order chi connectivity index (χ1) is 16.9. The third-order valence-corrected chi connectivity index (χ3v) is 5.87. The lowest BCUT2D eigenvalue weighted by Gasteiger charge is -2.25. The lowest BCUT2D eigenvalue weighted by Crippen LogP contribution is -2.29. The molecule has 1 unspecified atom stereocenters. The number of anilines is 1. The van der Waals surface area contributed by atoms with E-state index in [9.17, 15) is 14.7 Å². The van der Waals surface area contributed by atoms with Gasteiger partial charge in [-0.1, -0.05) is 36.7 Å². The number of aliphatic hydroxyl groups excluding tert-OH is 1. The van der Waals surface area contributed by atoms with Crippen LogP contribution in [0, 0.1) is 0 Å². The number of halogens is 1. The predicted octanol–water partition coefficient (Wildman–Crippen LogP) is 6.15. The summed E-state index contributed by atoms with van der Waals surface area (Å²) in [6.07, 6.45) is 0.872. The Hall–Kier alpha value is -3.77. The Labute approximate surface area is 209 Å². The highest BCUT2D eigenvalue weighted by atomic mass is 35.5. The highest BCUT2D eigenvalue weighted by Gasteiger charge is 2.47. The number of rotatable bonds is 8. The van der Waals surface area contributed by atoms with Crippen molar-refractivity contribution < 1.29 is 24.2 Å². The van der Waals surface area contributed by atoms with Crippen LogP contribution in [0.4, 0.5) is 5.69 Å². The smallest absolute Gasteiger partial charge is 0.300 e. The van der Waals surface area contributed by atoms with Crippen LogP contribution in [0.1, 0.15) is 37.4 Å². The van der Waals surface area contributed by atoms with E-state index < -0.39 is 17.7 Å². The van der Waals surface area contributed by atoms with Gasteiger partial charge in [0.05, 0.1) is 24.8 Å². The zero-order valence-electron chi connectivity index (χ0n) is 19.5. The fraction of sp³-hybridized carbons (Fsp3) is 0.214. The number of aliphatic hydroxyl groups is 1. The molecule has 35 heavy (non-hydrogen) atoms. The molecule has 6 nitrogen and oxygen atoms in total. The molecule has 1 fully saturated rings. The van der Waals surface area contributed by atoms with Gasteiger partial charge in [-0.15, -0.1) is 0 Å². The van der Waals surface area contributed by atoms with Crippen LogP contribution < -0.4 is 14.4 Å². The van der Waals surface area contributed by atoms with E-state index in [1.807, 2.05) is 13.8 Å². The van der Waals surface area contributed by atoms with Gasteiger partial charge in [-0.3, -0.25) is 14.5 Å². The molecule has 180 valence electrons. The monoisotopic (exact) mass is 491 g/mol. The Morgan fingerprint density at radius 2 is 1.60 bits per heavy atom. The Morgan fingerprint density at radius 3 is 2.23 bits per heavy atom. The van der Waals surface area contributed by atoms with Crippen LogP contribution in [-0.4, -0.2) is 30.0 Å². The summed E-state index contributed by atoms with van der Waals surface area (Å²) in [4.78, 5) is 27.9. The summed E-state index contributed by atoms with van der Waals surface area (Å²) in [5.74, 6) is -0.443. The van der Waals surface area contributed by atoms with Gasteiger partial charge in [-0.2, -0.15) is 0 Å². The highest BCUT2D eigenvalue weighted by molar-refractivity contribution is 6.51. The van der Waals surface area contributed by atoms with E-state index in [1.165, 1.54) is 4.90 Å². The number of benzene rings is 3. The van der Waals surface area contributed by atoms with Gasteiger partial charge >= 0.3 is 0 Å². The van der Waals surface area contributed by atoms with Crippen molar-refractivity contribution in [3.05, 3.63) is 94.5 Å². The van der Waals surface area contributed by atoms with Gasteiger partial charge in [0, 0.05) is 16.3 Å². The Morgan fingerprint density at radius 1 is 0.943 bits per heavy atom. The number of hydrogen-bond acceptors (Lipinski definition) is 5. The first-order valence-electron chi connectivity index (χ1n) is 11.5. The van der Waals surface area contributed by atoms with E-state index in [0.29, 0.717) is 46.5 Å². The van der Waals surface area contributed by atoms with Crippen molar-refractivity contribution in [3.63, 3.8) is 0 Å². The molecule has 1 atom stereocenters. The van der Waals surface area contributed by atoms with Gasteiger partial charge in [0.15, 0.2) is 0 Å². The van der Waals surface area contributed by atoms with Crippen molar-refractivity contribution in [3.8, 4) is 11.5 Å². The van der Waals surface area contributed by atoms with Gasteiger partial charge < -0.3 is 14.6 Å². The van der Waals surface area contributed by atoms with Crippen molar-refractivity contribution in [2.75, 3.05) is 18.1 Å². The zero-order chi connectivity index (χ0) is 24.9. The first-order valence-corrected chi connectivity index (χ1v) is 11.8. The third-order valence-electron chi connectivity index (χ3n) is 5.64. The molecule has 0 aliphatic carbocycles. The van der Waals surface area contributed by atoms with E-state index in [2.05, 4.69) is 0 Å². The lowest BCUT2D eigenvalue weighted by atomic mass is 9.95. The second kappa shape index (κ2) is 10.7. The number of carbonyl (C=O) groups is 2. The van der Waals surface area contributed by atoms with Crippen molar-refractivity contribution in [1.82, 2.24) is 0 Å². The lowest BCUT2D eigenvalue weighted by molar-refractivity contribution is -0.132. The van der Waals surface area contributed by atoms with E-state index in [1.54, 1.807) is 72.8 Å². The van der Waals surface area contributed by atoms with Crippen LogP contribution in [0.25, 0.3) is 5.76 Å². The van der Waals surface area contributed by atoms with Crippen LogP contribution >= 0.6 is 11.6 Å². The standard InChI is InChI=1S/C28H26ClNO5/c1-3-16-35-23-14-10-19(11-15-23)26(31)24-25(18-8-12-22(13-9-18)34-4-2)30(28(33)27(24)32)21-7-5-6-20(29)17-21/h5-15,17,25,31H,3-4,16H2,1-2H3/b26-24+. The summed E-state index contributed by atoms with van der Waals surface area (Å²) in [5, 5.41) is 11.7. The normalized spacial score (nSPS) is 17.0. The molecule has 0 bridgehead atoms. The molecular weight excluding hydrogens is 466 g/mol. The largest absolute Gasteiger partial charge is 0.507 e. The summed E-state index contributed by atoms with van der Waals surface area (Å²) in [6.45, 7) is 4.99. The minimum Gasteiger partial charge on any atom is -0.507 e. The van der Waals surface area contributed by atoms with E-state index in [-0.39, 0.29) is 11.3 Å². The SMILES string of the molecule is CCCOc1ccc(/C(O)=C2\C(=O)C(=O)N(c3cccc(Cl)c3)C2c2ccc(OCC)cc2)cc1. The third kappa shape index (κ3) is 5.03. The minimum absolute atomic E-state index is 0.00126. The van der Waals surface area contributed by atoms with Crippen LogP contribution in [0.3, 0.4) is 0 Å². The first kappa shape index (κ1) is 24.4. The average molecular weight is 492 g/mol. The van der Waals surface area contributed by atoms with Gasteiger partial charge in [0.1, 0.15) is 17.3 Å². The Kier molecular flexibility index (Phi) is 7.42. The Bertz CT molecular complexity index is 1250. The van der Waals surface area contributed by atoms with Gasteiger partial charge in [0.2, 0.25) is 0 Å².